The Morgan fingerprint density at radius 2 is 1.66 bits per heavy atom. The standard InChI is InChI=1S/C24H27N5O2S/c1-5-13-29-20(14-21(30)25-19-12-7-6-9-16(19)2)27-28-24(29)32-15-22(31)26-23-17(3)10-8-11-18(23)4/h5-12H,1,13-15H2,2-4H3,(H,25,30)(H,26,31). The Bertz CT molecular complexity index is 1120. The predicted molar refractivity (Wildman–Crippen MR) is 129 cm³/mol. The fourth-order valence-electron chi connectivity index (χ4n) is 3.24. The minimum atomic E-state index is -0.179. The summed E-state index contributed by atoms with van der Waals surface area (Å²) in [6.45, 7) is 10.1. The Morgan fingerprint density at radius 1 is 0.969 bits per heavy atom. The molecular formula is C24H27N5O2S. The molecule has 0 saturated carbocycles. The zero-order valence-electron chi connectivity index (χ0n) is 18.5. The van der Waals surface area contributed by atoms with Gasteiger partial charge in [0.25, 0.3) is 0 Å². The summed E-state index contributed by atoms with van der Waals surface area (Å²) in [4.78, 5) is 25.0. The second kappa shape index (κ2) is 10.8. The highest BCUT2D eigenvalue weighted by Crippen LogP contribution is 2.22. The molecule has 3 rings (SSSR count). The zero-order chi connectivity index (χ0) is 23.1. The number of thioether (sulfide) groups is 1. The molecule has 3 aromatic rings. The van der Waals surface area contributed by atoms with Gasteiger partial charge in [-0.05, 0) is 43.5 Å². The largest absolute Gasteiger partial charge is 0.325 e. The van der Waals surface area contributed by atoms with Crippen LogP contribution in [0.2, 0.25) is 0 Å². The summed E-state index contributed by atoms with van der Waals surface area (Å²) < 4.78 is 1.81. The smallest absolute Gasteiger partial charge is 0.234 e. The van der Waals surface area contributed by atoms with Gasteiger partial charge in [0.15, 0.2) is 5.16 Å². The number of amides is 2. The van der Waals surface area contributed by atoms with Gasteiger partial charge >= 0.3 is 0 Å². The van der Waals surface area contributed by atoms with Crippen LogP contribution in [0.25, 0.3) is 0 Å². The summed E-state index contributed by atoms with van der Waals surface area (Å²) in [5, 5.41) is 14.8. The van der Waals surface area contributed by atoms with Crippen molar-refractivity contribution in [1.82, 2.24) is 14.8 Å². The molecule has 2 aromatic carbocycles. The van der Waals surface area contributed by atoms with Crippen LogP contribution in [-0.2, 0) is 22.6 Å². The van der Waals surface area contributed by atoms with Crippen molar-refractivity contribution in [3.63, 3.8) is 0 Å². The number of benzene rings is 2. The summed E-state index contributed by atoms with van der Waals surface area (Å²) in [7, 11) is 0. The average molecular weight is 450 g/mol. The molecule has 2 N–H and O–H groups in total. The molecule has 8 heteroatoms. The maximum atomic E-state index is 12.5. The fraction of sp³-hybridized carbons (Fsp3) is 0.250. The Balaban J connectivity index is 1.65. The number of nitrogens with one attached hydrogen (secondary N) is 2. The number of hydrogen-bond acceptors (Lipinski definition) is 5. The van der Waals surface area contributed by atoms with Crippen LogP contribution in [0.4, 0.5) is 11.4 Å². The summed E-state index contributed by atoms with van der Waals surface area (Å²) in [6.07, 6.45) is 1.79. The Kier molecular flexibility index (Phi) is 7.83. The SMILES string of the molecule is C=CCn1c(CC(=O)Nc2ccccc2C)nnc1SCC(=O)Nc1c(C)cccc1C. The van der Waals surface area contributed by atoms with Crippen LogP contribution in [0.5, 0.6) is 0 Å². The van der Waals surface area contributed by atoms with Crippen LogP contribution in [0.1, 0.15) is 22.5 Å². The molecule has 0 bridgehead atoms. The normalized spacial score (nSPS) is 10.6. The second-order valence-corrected chi connectivity index (χ2v) is 8.38. The molecule has 7 nitrogen and oxygen atoms in total. The molecule has 2 amide bonds. The second-order valence-electron chi connectivity index (χ2n) is 7.44. The minimum absolute atomic E-state index is 0.0737. The molecule has 0 atom stereocenters. The molecule has 0 saturated heterocycles. The molecular weight excluding hydrogens is 422 g/mol. The third-order valence-corrected chi connectivity index (χ3v) is 5.89. The third kappa shape index (κ3) is 5.85. The highest BCUT2D eigenvalue weighted by molar-refractivity contribution is 7.99. The van der Waals surface area contributed by atoms with Crippen LogP contribution >= 0.6 is 11.8 Å². The van der Waals surface area contributed by atoms with Crippen LogP contribution in [-0.4, -0.2) is 32.3 Å². The number of rotatable bonds is 9. The number of carbonyl (C=O) groups excluding carboxylic acids is 2. The van der Waals surface area contributed by atoms with Crippen LogP contribution in [0, 0.1) is 20.8 Å². The van der Waals surface area contributed by atoms with E-state index in [1.165, 1.54) is 11.8 Å². The molecule has 0 spiro atoms. The van der Waals surface area contributed by atoms with E-state index in [0.29, 0.717) is 17.5 Å². The Labute approximate surface area is 192 Å². The molecule has 1 aromatic heterocycles. The highest BCUT2D eigenvalue weighted by Gasteiger charge is 2.17. The van der Waals surface area contributed by atoms with Gasteiger partial charge in [0.05, 0.1) is 12.2 Å². The number of carbonyl (C=O) groups is 2. The first kappa shape index (κ1) is 23.3. The molecule has 1 heterocycles. The van der Waals surface area contributed by atoms with Crippen molar-refractivity contribution in [3.8, 4) is 0 Å². The number of allylic oxidation sites excluding steroid dienone is 1. The van der Waals surface area contributed by atoms with Crippen molar-refractivity contribution in [1.29, 1.82) is 0 Å². The lowest BCUT2D eigenvalue weighted by atomic mass is 10.1. The van der Waals surface area contributed by atoms with Gasteiger partial charge in [0.2, 0.25) is 11.8 Å². The summed E-state index contributed by atoms with van der Waals surface area (Å²) in [5.74, 6) is 0.396. The lowest BCUT2D eigenvalue weighted by molar-refractivity contribution is -0.116. The van der Waals surface area contributed by atoms with E-state index in [0.717, 1.165) is 28.1 Å². The minimum Gasteiger partial charge on any atom is -0.325 e. The topological polar surface area (TPSA) is 88.9 Å². The van der Waals surface area contributed by atoms with Crippen LogP contribution in [0.15, 0.2) is 60.3 Å². The van der Waals surface area contributed by atoms with Gasteiger partial charge in [-0.1, -0.05) is 54.2 Å². The van der Waals surface area contributed by atoms with Gasteiger partial charge in [-0.3, -0.25) is 9.59 Å². The third-order valence-electron chi connectivity index (χ3n) is 4.92. The van der Waals surface area contributed by atoms with Gasteiger partial charge < -0.3 is 15.2 Å². The molecule has 0 unspecified atom stereocenters. The van der Waals surface area contributed by atoms with E-state index in [9.17, 15) is 9.59 Å². The average Bonchev–Trinajstić information content (AvgIpc) is 3.12. The first-order valence-corrected chi connectivity index (χ1v) is 11.2. The summed E-state index contributed by atoms with van der Waals surface area (Å²) >= 11 is 1.28. The van der Waals surface area contributed by atoms with E-state index in [1.54, 1.807) is 10.6 Å². The van der Waals surface area contributed by atoms with Gasteiger partial charge in [-0.15, -0.1) is 16.8 Å². The van der Waals surface area contributed by atoms with Gasteiger partial charge in [-0.25, -0.2) is 0 Å². The molecule has 166 valence electrons. The maximum absolute atomic E-state index is 12.5. The van der Waals surface area contributed by atoms with Crippen LogP contribution < -0.4 is 10.6 Å². The van der Waals surface area contributed by atoms with E-state index in [-0.39, 0.29) is 24.0 Å². The number of anilines is 2. The van der Waals surface area contributed by atoms with Crippen molar-refractivity contribution in [3.05, 3.63) is 77.6 Å². The maximum Gasteiger partial charge on any atom is 0.234 e. The quantitative estimate of drug-likeness (QED) is 0.376. The van der Waals surface area contributed by atoms with E-state index in [2.05, 4.69) is 27.4 Å². The lowest BCUT2D eigenvalue weighted by Crippen LogP contribution is -2.19. The predicted octanol–water partition coefficient (Wildman–Crippen LogP) is 4.30. The summed E-state index contributed by atoms with van der Waals surface area (Å²) in [5.41, 5.74) is 4.61. The fourth-order valence-corrected chi connectivity index (χ4v) is 4.00. The van der Waals surface area contributed by atoms with E-state index >= 15 is 0 Å². The van der Waals surface area contributed by atoms with Crippen LogP contribution in [0.3, 0.4) is 0 Å². The summed E-state index contributed by atoms with van der Waals surface area (Å²) in [6, 6.07) is 13.5. The van der Waals surface area contributed by atoms with Gasteiger partial charge in [-0.2, -0.15) is 0 Å². The van der Waals surface area contributed by atoms with Crippen molar-refractivity contribution < 1.29 is 9.59 Å². The molecule has 0 radical (unpaired) electrons. The van der Waals surface area contributed by atoms with E-state index < -0.39 is 0 Å². The van der Waals surface area contributed by atoms with Crippen molar-refractivity contribution in [2.24, 2.45) is 0 Å². The van der Waals surface area contributed by atoms with Crippen molar-refractivity contribution >= 4 is 35.0 Å². The lowest BCUT2D eigenvalue weighted by Gasteiger charge is -2.12. The molecule has 0 aliphatic carbocycles. The Morgan fingerprint density at radius 3 is 2.34 bits per heavy atom. The van der Waals surface area contributed by atoms with Crippen molar-refractivity contribution in [2.75, 3.05) is 16.4 Å². The first-order valence-electron chi connectivity index (χ1n) is 10.3. The van der Waals surface area contributed by atoms with E-state index in [1.807, 2.05) is 63.2 Å². The molecule has 0 aliphatic heterocycles. The highest BCUT2D eigenvalue weighted by atomic mass is 32.2. The number of aryl methyl sites for hydroxylation is 3. The van der Waals surface area contributed by atoms with Crippen molar-refractivity contribution in [2.45, 2.75) is 38.9 Å². The van der Waals surface area contributed by atoms with E-state index in [4.69, 9.17) is 0 Å². The molecule has 0 fully saturated rings. The molecule has 32 heavy (non-hydrogen) atoms. The van der Waals surface area contributed by atoms with Gasteiger partial charge in [0.1, 0.15) is 5.82 Å². The zero-order valence-corrected chi connectivity index (χ0v) is 19.3. The number of hydrogen-bond donors (Lipinski definition) is 2. The van der Waals surface area contributed by atoms with Gasteiger partial charge in [0, 0.05) is 17.9 Å². The Hall–Kier alpha value is -3.39. The molecule has 0 aliphatic rings. The first-order chi connectivity index (χ1) is 15.4. The number of nitrogens with zero attached hydrogens (tertiary/aromatic N) is 3. The monoisotopic (exact) mass is 449 g/mol. The number of para-hydroxylation sites is 2. The number of aromatic nitrogens is 3.